The summed E-state index contributed by atoms with van der Waals surface area (Å²) in [6.07, 6.45) is 1.09. The van der Waals surface area contributed by atoms with E-state index in [1.54, 1.807) is 0 Å². The molecule has 2 rings (SSSR count). The van der Waals surface area contributed by atoms with Crippen molar-refractivity contribution in [2.45, 2.75) is 57.7 Å². The molecule has 1 aromatic heterocycles. The molecule has 0 spiro atoms. The van der Waals surface area contributed by atoms with Gasteiger partial charge in [-0.1, -0.05) is 0 Å². The Morgan fingerprint density at radius 2 is 1.53 bits per heavy atom. The highest BCUT2D eigenvalue weighted by Crippen LogP contribution is 2.47. The molecule has 0 aromatic carbocycles. The predicted molar refractivity (Wildman–Crippen MR) is 69.5 cm³/mol. The fourth-order valence-electron chi connectivity index (χ4n) is 3.25. The largest absolute Gasteiger partial charge is 0.503 e. The van der Waals surface area contributed by atoms with Gasteiger partial charge in [0.25, 0.3) is 0 Å². The number of hydrogen-bond acceptors (Lipinski definition) is 5. The lowest BCUT2D eigenvalue weighted by Gasteiger charge is -2.51. The first-order valence-corrected chi connectivity index (χ1v) is 6.37. The Balaban J connectivity index is 2.42. The number of hydrogen-bond donors (Lipinski definition) is 4. The summed E-state index contributed by atoms with van der Waals surface area (Å²) < 4.78 is 1.33. The monoisotopic (exact) mass is 270 g/mol. The molecule has 6 heteroatoms. The van der Waals surface area contributed by atoms with E-state index in [1.165, 1.54) is 9.63 Å². The Bertz CT molecular complexity index is 475. The van der Waals surface area contributed by atoms with Gasteiger partial charge >= 0.3 is 0 Å². The van der Waals surface area contributed by atoms with Crippen molar-refractivity contribution in [2.75, 3.05) is 0 Å². The molecule has 0 atom stereocenters. The van der Waals surface area contributed by atoms with Gasteiger partial charge < -0.3 is 20.5 Å². The Morgan fingerprint density at radius 3 is 1.89 bits per heavy atom. The molecule has 0 aliphatic carbocycles. The summed E-state index contributed by atoms with van der Waals surface area (Å²) in [7, 11) is 0. The van der Waals surface area contributed by atoms with Crippen molar-refractivity contribution >= 4 is 0 Å². The summed E-state index contributed by atoms with van der Waals surface area (Å²) in [5.74, 6) is -0.835. The Labute approximate surface area is 112 Å². The topological polar surface area (TPSA) is 89.1 Å². The van der Waals surface area contributed by atoms with Crippen LogP contribution in [-0.4, -0.2) is 41.2 Å². The molecule has 1 fully saturated rings. The average molecular weight is 270 g/mol. The highest BCUT2D eigenvalue weighted by atomic mass is 16.5. The van der Waals surface area contributed by atoms with Gasteiger partial charge in [-0.2, -0.15) is 5.06 Å². The number of piperidine rings is 1. The molecule has 0 bridgehead atoms. The van der Waals surface area contributed by atoms with Crippen LogP contribution in [0.3, 0.4) is 0 Å². The van der Waals surface area contributed by atoms with Gasteiger partial charge in [0.15, 0.2) is 11.6 Å². The minimum Gasteiger partial charge on any atom is -0.503 e. The highest BCUT2D eigenvalue weighted by molar-refractivity contribution is 5.40. The van der Waals surface area contributed by atoms with E-state index in [-0.39, 0.29) is 23.6 Å². The number of aromatic nitrogens is 1. The lowest BCUT2D eigenvalue weighted by Crippen LogP contribution is -2.59. The molecule has 0 radical (unpaired) electrons. The van der Waals surface area contributed by atoms with Crippen LogP contribution in [0.1, 0.15) is 46.6 Å². The molecule has 1 aliphatic heterocycles. The minimum atomic E-state index is -0.495. The van der Waals surface area contributed by atoms with Crippen LogP contribution < -0.4 is 0 Å². The van der Waals surface area contributed by atoms with E-state index < -0.39 is 11.1 Å². The third kappa shape index (κ3) is 2.15. The molecule has 6 nitrogen and oxygen atoms in total. The van der Waals surface area contributed by atoms with Crippen LogP contribution in [0.2, 0.25) is 0 Å². The molecular formula is C13H22N2O4. The van der Waals surface area contributed by atoms with E-state index in [0.29, 0.717) is 12.8 Å². The Hall–Kier alpha value is -1.40. The maximum atomic E-state index is 10.2. The van der Waals surface area contributed by atoms with E-state index >= 15 is 0 Å². The van der Waals surface area contributed by atoms with Crippen molar-refractivity contribution in [1.29, 1.82) is 0 Å². The second kappa shape index (κ2) is 4.05. The zero-order chi connectivity index (χ0) is 14.6. The average Bonchev–Trinajstić information content (AvgIpc) is 2.49. The number of rotatable bonds is 1. The van der Waals surface area contributed by atoms with Crippen molar-refractivity contribution in [2.24, 2.45) is 0 Å². The van der Waals surface area contributed by atoms with E-state index in [0.717, 1.165) is 6.07 Å². The molecule has 0 amide bonds. The molecule has 1 aromatic rings. The molecule has 108 valence electrons. The van der Waals surface area contributed by atoms with E-state index in [4.69, 9.17) is 0 Å². The molecule has 0 unspecified atom stereocenters. The predicted octanol–water partition coefficient (Wildman–Crippen LogP) is 2.19. The van der Waals surface area contributed by atoms with Gasteiger partial charge in [0.1, 0.15) is 0 Å². The first kappa shape index (κ1) is 14.0. The van der Waals surface area contributed by atoms with Crippen LogP contribution in [-0.2, 0) is 0 Å². The van der Waals surface area contributed by atoms with Gasteiger partial charge in [-0.05, 0) is 40.5 Å². The van der Waals surface area contributed by atoms with Gasteiger partial charge in [0.2, 0.25) is 5.88 Å². The SMILES string of the molecule is CC1(C)CC(n2c(O)cc(O)c2O)CC(C)(C)N1O. The first-order valence-electron chi connectivity index (χ1n) is 6.37. The highest BCUT2D eigenvalue weighted by Gasteiger charge is 2.46. The maximum Gasteiger partial charge on any atom is 0.237 e. The van der Waals surface area contributed by atoms with Crippen molar-refractivity contribution in [1.82, 2.24) is 9.63 Å². The van der Waals surface area contributed by atoms with Crippen LogP contribution >= 0.6 is 0 Å². The normalized spacial score (nSPS) is 23.6. The maximum absolute atomic E-state index is 10.2. The van der Waals surface area contributed by atoms with Crippen molar-refractivity contribution in [3.05, 3.63) is 6.07 Å². The Kier molecular flexibility index (Phi) is 2.98. The molecular weight excluding hydrogens is 248 g/mol. The summed E-state index contributed by atoms with van der Waals surface area (Å²) >= 11 is 0. The van der Waals surface area contributed by atoms with Crippen molar-refractivity contribution in [3.8, 4) is 17.5 Å². The lowest BCUT2D eigenvalue weighted by molar-refractivity contribution is -0.249. The summed E-state index contributed by atoms with van der Waals surface area (Å²) in [5, 5.41) is 40.7. The molecule has 19 heavy (non-hydrogen) atoms. The van der Waals surface area contributed by atoms with Gasteiger partial charge in [0, 0.05) is 23.2 Å². The van der Waals surface area contributed by atoms with Crippen molar-refractivity contribution in [3.63, 3.8) is 0 Å². The summed E-state index contributed by atoms with van der Waals surface area (Å²) in [4.78, 5) is 0. The van der Waals surface area contributed by atoms with Gasteiger partial charge in [-0.15, -0.1) is 0 Å². The lowest BCUT2D eigenvalue weighted by atomic mass is 9.79. The van der Waals surface area contributed by atoms with Crippen LogP contribution in [0.15, 0.2) is 6.07 Å². The van der Waals surface area contributed by atoms with E-state index in [2.05, 4.69) is 0 Å². The summed E-state index contributed by atoms with van der Waals surface area (Å²) in [6.45, 7) is 7.60. The first-order chi connectivity index (χ1) is 8.56. The quantitative estimate of drug-likeness (QED) is 0.628. The fraction of sp³-hybridized carbons (Fsp3) is 0.692. The molecule has 4 N–H and O–H groups in total. The second-order valence-electron chi connectivity index (χ2n) is 6.58. The van der Waals surface area contributed by atoms with Crippen LogP contribution in [0.5, 0.6) is 17.5 Å². The number of nitrogens with zero attached hydrogens (tertiary/aromatic N) is 2. The summed E-state index contributed by atoms with van der Waals surface area (Å²) in [6, 6.07) is 0.926. The zero-order valence-corrected chi connectivity index (χ0v) is 11.8. The van der Waals surface area contributed by atoms with Crippen molar-refractivity contribution < 1.29 is 20.5 Å². The molecule has 1 saturated heterocycles. The molecule has 1 aliphatic rings. The van der Waals surface area contributed by atoms with Gasteiger partial charge in [-0.25, -0.2) is 0 Å². The third-order valence-corrected chi connectivity index (χ3v) is 3.95. The third-order valence-electron chi connectivity index (χ3n) is 3.95. The van der Waals surface area contributed by atoms with Crippen LogP contribution in [0, 0.1) is 0 Å². The number of hydroxylamine groups is 2. The van der Waals surface area contributed by atoms with E-state index in [9.17, 15) is 20.5 Å². The standard InChI is InChI=1S/C13H22N2O4/c1-12(2)6-8(7-13(3,4)15(12)19)14-10(17)5-9(16)11(14)18/h5,8,16-19H,6-7H2,1-4H3. The zero-order valence-electron chi connectivity index (χ0n) is 11.8. The minimum absolute atomic E-state index is 0.169. The van der Waals surface area contributed by atoms with Crippen LogP contribution in [0.4, 0.5) is 0 Å². The van der Waals surface area contributed by atoms with Gasteiger partial charge in [-0.3, -0.25) is 4.57 Å². The second-order valence-corrected chi connectivity index (χ2v) is 6.58. The smallest absolute Gasteiger partial charge is 0.237 e. The fourth-order valence-corrected chi connectivity index (χ4v) is 3.25. The number of aromatic hydroxyl groups is 3. The molecule has 0 saturated carbocycles. The molecule has 2 heterocycles. The van der Waals surface area contributed by atoms with Gasteiger partial charge in [0.05, 0.1) is 0 Å². The van der Waals surface area contributed by atoms with Crippen LogP contribution in [0.25, 0.3) is 0 Å². The summed E-state index contributed by atoms with van der Waals surface area (Å²) in [5.41, 5.74) is -0.990. The van der Waals surface area contributed by atoms with E-state index in [1.807, 2.05) is 27.7 Å². The Morgan fingerprint density at radius 1 is 1.05 bits per heavy atom.